The molecule has 0 bridgehead atoms. The van der Waals surface area contributed by atoms with Crippen molar-refractivity contribution in [2.24, 2.45) is 5.41 Å². The molecule has 2 aliphatic rings. The number of rotatable bonds is 6. The van der Waals surface area contributed by atoms with Crippen molar-refractivity contribution >= 4 is 5.91 Å². The zero-order chi connectivity index (χ0) is 11.4. The third-order valence-corrected chi connectivity index (χ3v) is 4.27. The summed E-state index contributed by atoms with van der Waals surface area (Å²) in [4.78, 5) is 11.6. The van der Waals surface area contributed by atoms with Gasteiger partial charge in [0.2, 0.25) is 5.91 Å². The van der Waals surface area contributed by atoms with Crippen LogP contribution < -0.4 is 10.6 Å². The molecule has 2 fully saturated rings. The Hall–Kier alpha value is -0.570. The Balaban J connectivity index is 1.57. The molecule has 2 aliphatic carbocycles. The lowest BCUT2D eigenvalue weighted by molar-refractivity contribution is -0.120. The van der Waals surface area contributed by atoms with Gasteiger partial charge in [0.05, 0.1) is 6.54 Å². The van der Waals surface area contributed by atoms with Crippen molar-refractivity contribution in [1.29, 1.82) is 0 Å². The lowest BCUT2D eigenvalue weighted by Gasteiger charge is -2.15. The minimum Gasteiger partial charge on any atom is -0.354 e. The highest BCUT2D eigenvalue weighted by Gasteiger charge is 2.40. The highest BCUT2D eigenvalue weighted by atomic mass is 16.1. The average Bonchev–Trinajstić information content (AvgIpc) is 2.90. The van der Waals surface area contributed by atoms with E-state index < -0.39 is 0 Å². The van der Waals surface area contributed by atoms with Crippen LogP contribution >= 0.6 is 0 Å². The standard InChI is InChI=1S/C13H24N2O/c1-2-13(7-8-13)10-15-12(16)9-14-11-5-3-4-6-11/h11,14H,2-10H2,1H3,(H,15,16). The second kappa shape index (κ2) is 5.17. The molecule has 0 saturated heterocycles. The van der Waals surface area contributed by atoms with Gasteiger partial charge < -0.3 is 10.6 Å². The van der Waals surface area contributed by atoms with E-state index in [4.69, 9.17) is 0 Å². The first-order valence-electron chi connectivity index (χ1n) is 6.74. The molecule has 2 rings (SSSR count). The van der Waals surface area contributed by atoms with Crippen LogP contribution in [0, 0.1) is 5.41 Å². The van der Waals surface area contributed by atoms with Crippen molar-refractivity contribution in [3.05, 3.63) is 0 Å². The van der Waals surface area contributed by atoms with Gasteiger partial charge in [0.15, 0.2) is 0 Å². The van der Waals surface area contributed by atoms with Gasteiger partial charge >= 0.3 is 0 Å². The zero-order valence-electron chi connectivity index (χ0n) is 10.3. The largest absolute Gasteiger partial charge is 0.354 e. The number of carbonyl (C=O) groups is 1. The minimum atomic E-state index is 0.173. The second-order valence-corrected chi connectivity index (χ2v) is 5.49. The normalized spacial score (nSPS) is 23.3. The van der Waals surface area contributed by atoms with Crippen molar-refractivity contribution in [3.63, 3.8) is 0 Å². The number of amides is 1. The molecule has 0 radical (unpaired) electrons. The topological polar surface area (TPSA) is 41.1 Å². The maximum absolute atomic E-state index is 11.6. The Morgan fingerprint density at radius 3 is 2.56 bits per heavy atom. The Morgan fingerprint density at radius 1 is 1.31 bits per heavy atom. The summed E-state index contributed by atoms with van der Waals surface area (Å²) in [6.45, 7) is 3.61. The maximum atomic E-state index is 11.6. The van der Waals surface area contributed by atoms with Crippen LogP contribution in [0.5, 0.6) is 0 Å². The predicted molar refractivity (Wildman–Crippen MR) is 65.2 cm³/mol. The van der Waals surface area contributed by atoms with E-state index in [1.807, 2.05) is 0 Å². The van der Waals surface area contributed by atoms with Crippen LogP contribution in [-0.4, -0.2) is 25.0 Å². The van der Waals surface area contributed by atoms with Gasteiger partial charge in [-0.05, 0) is 37.5 Å². The molecule has 3 heteroatoms. The van der Waals surface area contributed by atoms with Crippen molar-refractivity contribution in [2.75, 3.05) is 13.1 Å². The van der Waals surface area contributed by atoms with Gasteiger partial charge in [-0.15, -0.1) is 0 Å². The van der Waals surface area contributed by atoms with Crippen LogP contribution in [0.15, 0.2) is 0 Å². The average molecular weight is 224 g/mol. The summed E-state index contributed by atoms with van der Waals surface area (Å²) in [5.74, 6) is 0.173. The third-order valence-electron chi connectivity index (χ3n) is 4.27. The van der Waals surface area contributed by atoms with Gasteiger partial charge in [0.1, 0.15) is 0 Å². The molecule has 0 spiro atoms. The fourth-order valence-corrected chi connectivity index (χ4v) is 2.55. The van der Waals surface area contributed by atoms with Crippen molar-refractivity contribution in [2.45, 2.75) is 57.9 Å². The summed E-state index contributed by atoms with van der Waals surface area (Å²) in [6, 6.07) is 0.590. The first-order chi connectivity index (χ1) is 7.74. The zero-order valence-corrected chi connectivity index (χ0v) is 10.3. The smallest absolute Gasteiger partial charge is 0.233 e. The molecular weight excluding hydrogens is 200 g/mol. The molecule has 0 aliphatic heterocycles. The summed E-state index contributed by atoms with van der Waals surface area (Å²) >= 11 is 0. The summed E-state index contributed by atoms with van der Waals surface area (Å²) in [6.07, 6.45) is 8.90. The SMILES string of the molecule is CCC1(CNC(=O)CNC2CCCC2)CC1. The van der Waals surface area contributed by atoms with E-state index >= 15 is 0 Å². The van der Waals surface area contributed by atoms with Crippen LogP contribution in [0.25, 0.3) is 0 Å². The van der Waals surface area contributed by atoms with Crippen molar-refractivity contribution in [1.82, 2.24) is 10.6 Å². The molecule has 0 unspecified atom stereocenters. The number of nitrogens with one attached hydrogen (secondary N) is 2. The first-order valence-corrected chi connectivity index (χ1v) is 6.74. The lowest BCUT2D eigenvalue weighted by Crippen LogP contribution is -2.40. The highest BCUT2D eigenvalue weighted by molar-refractivity contribution is 5.78. The van der Waals surface area contributed by atoms with E-state index in [1.54, 1.807) is 0 Å². The fraction of sp³-hybridized carbons (Fsp3) is 0.923. The predicted octanol–water partition coefficient (Wildman–Crippen LogP) is 1.82. The van der Waals surface area contributed by atoms with Crippen molar-refractivity contribution in [3.8, 4) is 0 Å². The van der Waals surface area contributed by atoms with Crippen molar-refractivity contribution < 1.29 is 4.79 Å². The molecule has 0 aromatic heterocycles. The molecule has 1 amide bonds. The van der Waals surface area contributed by atoms with Crippen LogP contribution in [0.1, 0.15) is 51.9 Å². The Morgan fingerprint density at radius 2 is 2.00 bits per heavy atom. The quantitative estimate of drug-likeness (QED) is 0.722. The Labute approximate surface area is 98.4 Å². The first kappa shape index (κ1) is 11.9. The number of carbonyl (C=O) groups excluding carboxylic acids is 1. The summed E-state index contributed by atoms with van der Waals surface area (Å²) in [7, 11) is 0. The number of hydrogen-bond donors (Lipinski definition) is 2. The van der Waals surface area contributed by atoms with Crippen LogP contribution in [-0.2, 0) is 4.79 Å². The van der Waals surface area contributed by atoms with Gasteiger partial charge in [-0.1, -0.05) is 19.8 Å². The van der Waals surface area contributed by atoms with Gasteiger partial charge in [0, 0.05) is 12.6 Å². The monoisotopic (exact) mass is 224 g/mol. The summed E-state index contributed by atoms with van der Waals surface area (Å²) in [5.41, 5.74) is 0.461. The molecule has 2 N–H and O–H groups in total. The van der Waals surface area contributed by atoms with Gasteiger partial charge in [-0.25, -0.2) is 0 Å². The van der Waals surface area contributed by atoms with Crippen LogP contribution in [0.4, 0.5) is 0 Å². The van der Waals surface area contributed by atoms with E-state index in [9.17, 15) is 4.79 Å². The second-order valence-electron chi connectivity index (χ2n) is 5.49. The Kier molecular flexibility index (Phi) is 3.85. The van der Waals surface area contributed by atoms with Crippen LogP contribution in [0.3, 0.4) is 0 Å². The molecule has 0 aromatic carbocycles. The molecule has 2 saturated carbocycles. The van der Waals surface area contributed by atoms with E-state index in [0.29, 0.717) is 18.0 Å². The molecule has 0 atom stereocenters. The molecule has 0 aromatic rings. The van der Waals surface area contributed by atoms with Crippen LogP contribution in [0.2, 0.25) is 0 Å². The molecule has 92 valence electrons. The summed E-state index contributed by atoms with van der Waals surface area (Å²) in [5, 5.41) is 6.40. The lowest BCUT2D eigenvalue weighted by atomic mass is 10.0. The van der Waals surface area contributed by atoms with E-state index in [-0.39, 0.29) is 5.91 Å². The number of hydrogen-bond acceptors (Lipinski definition) is 2. The van der Waals surface area contributed by atoms with Gasteiger partial charge in [0.25, 0.3) is 0 Å². The Bertz CT molecular complexity index is 242. The minimum absolute atomic E-state index is 0.173. The maximum Gasteiger partial charge on any atom is 0.233 e. The van der Waals surface area contributed by atoms with Gasteiger partial charge in [-0.3, -0.25) is 4.79 Å². The highest BCUT2D eigenvalue weighted by Crippen LogP contribution is 2.47. The fourth-order valence-electron chi connectivity index (χ4n) is 2.55. The van der Waals surface area contributed by atoms with Gasteiger partial charge in [-0.2, -0.15) is 0 Å². The molecule has 3 nitrogen and oxygen atoms in total. The molecule has 16 heavy (non-hydrogen) atoms. The van der Waals surface area contributed by atoms with E-state index in [0.717, 1.165) is 6.54 Å². The third kappa shape index (κ3) is 3.21. The van der Waals surface area contributed by atoms with E-state index in [1.165, 1.54) is 44.9 Å². The summed E-state index contributed by atoms with van der Waals surface area (Å²) < 4.78 is 0. The molecular formula is C13H24N2O. The van der Waals surface area contributed by atoms with E-state index in [2.05, 4.69) is 17.6 Å². The molecule has 0 heterocycles.